The summed E-state index contributed by atoms with van der Waals surface area (Å²) in [6, 6.07) is 7.84. The molecule has 0 atom stereocenters. The number of hydroxylamine groups is 2. The van der Waals surface area contributed by atoms with Crippen molar-refractivity contribution in [3.05, 3.63) is 48.2 Å². The number of ether oxygens (including phenoxy) is 3. The maximum absolute atomic E-state index is 13.7. The molecule has 196 valence electrons. The van der Waals surface area contributed by atoms with Gasteiger partial charge in [-0.3, -0.25) is 0 Å². The van der Waals surface area contributed by atoms with Crippen LogP contribution in [0.5, 0.6) is 0 Å². The first-order valence-corrected chi connectivity index (χ1v) is 12.0. The van der Waals surface area contributed by atoms with Gasteiger partial charge in [-0.25, -0.2) is 24.1 Å². The molecule has 12 heteroatoms. The molecule has 0 bridgehead atoms. The zero-order chi connectivity index (χ0) is 26.0. The summed E-state index contributed by atoms with van der Waals surface area (Å²) < 4.78 is 30.9. The smallest absolute Gasteiger partial charge is 0.335 e. The maximum atomic E-state index is 13.7. The van der Waals surface area contributed by atoms with Crippen molar-refractivity contribution in [1.29, 1.82) is 0 Å². The zero-order valence-electron chi connectivity index (χ0n) is 20.9. The van der Waals surface area contributed by atoms with Crippen molar-refractivity contribution in [3.63, 3.8) is 0 Å². The largest absolute Gasteiger partial charge is 0.378 e. The monoisotopic (exact) mass is 512 g/mol. The van der Waals surface area contributed by atoms with Crippen molar-refractivity contribution >= 4 is 11.9 Å². The van der Waals surface area contributed by atoms with E-state index >= 15 is 0 Å². The highest BCUT2D eigenvalue weighted by Crippen LogP contribution is 2.36. The first-order valence-electron chi connectivity index (χ1n) is 12.0. The highest BCUT2D eigenvalue weighted by molar-refractivity contribution is 5.77. The van der Waals surface area contributed by atoms with Gasteiger partial charge in [-0.15, -0.1) is 5.06 Å². The average Bonchev–Trinajstić information content (AvgIpc) is 3.35. The number of nitrogens with zero attached hydrogens (tertiary/aromatic N) is 5. The van der Waals surface area contributed by atoms with Crippen molar-refractivity contribution in [1.82, 2.24) is 25.0 Å². The van der Waals surface area contributed by atoms with Crippen LogP contribution in [0.15, 0.2) is 36.5 Å². The Balaban J connectivity index is 1.45. The first kappa shape index (κ1) is 25.2. The van der Waals surface area contributed by atoms with E-state index in [1.54, 1.807) is 45.4 Å². The lowest BCUT2D eigenvalue weighted by Crippen LogP contribution is -2.45. The third-order valence-electron chi connectivity index (χ3n) is 6.12. The molecule has 2 aromatic heterocycles. The van der Waals surface area contributed by atoms with E-state index in [1.165, 1.54) is 17.2 Å². The van der Waals surface area contributed by atoms with E-state index in [0.29, 0.717) is 60.7 Å². The molecule has 0 radical (unpaired) electrons. The molecule has 4 heterocycles. The fourth-order valence-corrected chi connectivity index (χ4v) is 4.07. The Morgan fingerprint density at radius 3 is 2.51 bits per heavy atom. The van der Waals surface area contributed by atoms with Crippen LogP contribution in [0.2, 0.25) is 0 Å². The van der Waals surface area contributed by atoms with Gasteiger partial charge in [-0.1, -0.05) is 0 Å². The molecule has 2 saturated heterocycles. The highest BCUT2D eigenvalue weighted by atomic mass is 19.1. The van der Waals surface area contributed by atoms with Crippen LogP contribution in [0.1, 0.15) is 19.0 Å². The number of hydrogen-bond donors (Lipinski definition) is 1. The number of rotatable bonds is 6. The van der Waals surface area contributed by atoms with Crippen LogP contribution in [-0.2, 0) is 23.8 Å². The Hall–Kier alpha value is -3.45. The molecule has 2 aliphatic rings. The lowest BCUT2D eigenvalue weighted by Gasteiger charge is -2.34. The molecular weight excluding hydrogens is 483 g/mol. The van der Waals surface area contributed by atoms with Gasteiger partial charge in [0.1, 0.15) is 11.2 Å². The van der Waals surface area contributed by atoms with E-state index in [9.17, 15) is 9.18 Å². The minimum atomic E-state index is -0.963. The van der Waals surface area contributed by atoms with Gasteiger partial charge in [0.25, 0.3) is 0 Å². The van der Waals surface area contributed by atoms with Crippen LogP contribution in [0, 0.1) is 11.2 Å². The molecule has 3 aromatic rings. The van der Waals surface area contributed by atoms with Gasteiger partial charge in [-0.05, 0) is 37.3 Å². The SMILES string of the molecule is CN(C)OC(=O)C1(C)COC(c2nc(-c3ccc(F)cc3)c(-c3ccnc(N4CCOCC4)n3)[nH]2)OC1. The van der Waals surface area contributed by atoms with E-state index in [2.05, 4.69) is 14.9 Å². The summed E-state index contributed by atoms with van der Waals surface area (Å²) in [7, 11) is 3.27. The van der Waals surface area contributed by atoms with Gasteiger partial charge in [0.15, 0.2) is 5.82 Å². The Morgan fingerprint density at radius 2 is 1.84 bits per heavy atom. The number of morpholine rings is 1. The predicted octanol–water partition coefficient (Wildman–Crippen LogP) is 2.58. The quantitative estimate of drug-likeness (QED) is 0.494. The van der Waals surface area contributed by atoms with Crippen molar-refractivity contribution < 1.29 is 28.2 Å². The van der Waals surface area contributed by atoms with Crippen molar-refractivity contribution in [2.75, 3.05) is 58.5 Å². The number of hydrogen-bond acceptors (Lipinski definition) is 10. The van der Waals surface area contributed by atoms with E-state index in [0.717, 1.165) is 0 Å². The summed E-state index contributed by atoms with van der Waals surface area (Å²) in [5, 5.41) is 1.33. The molecule has 5 rings (SSSR count). The third-order valence-corrected chi connectivity index (χ3v) is 6.12. The minimum absolute atomic E-state index is 0.0843. The maximum Gasteiger partial charge on any atom is 0.335 e. The summed E-state index contributed by atoms with van der Waals surface area (Å²) in [6.07, 6.45) is 0.853. The second-order valence-electron chi connectivity index (χ2n) is 9.40. The summed E-state index contributed by atoms with van der Waals surface area (Å²) in [4.78, 5) is 37.0. The van der Waals surface area contributed by atoms with Gasteiger partial charge in [0.2, 0.25) is 12.2 Å². The molecule has 1 N–H and O–H groups in total. The minimum Gasteiger partial charge on any atom is -0.378 e. The normalized spacial score (nSPS) is 22.3. The second kappa shape index (κ2) is 10.5. The second-order valence-corrected chi connectivity index (χ2v) is 9.40. The van der Waals surface area contributed by atoms with E-state index in [4.69, 9.17) is 29.0 Å². The first-order chi connectivity index (χ1) is 17.8. The number of nitrogens with one attached hydrogen (secondary N) is 1. The van der Waals surface area contributed by atoms with E-state index in [-0.39, 0.29) is 19.0 Å². The molecular formula is C25H29FN6O5. The zero-order valence-corrected chi connectivity index (χ0v) is 20.9. The Kier molecular flexibility index (Phi) is 7.15. The molecule has 0 spiro atoms. The summed E-state index contributed by atoms with van der Waals surface area (Å²) in [5.41, 5.74) is 1.53. The predicted molar refractivity (Wildman–Crippen MR) is 131 cm³/mol. The third kappa shape index (κ3) is 5.47. The topological polar surface area (TPSA) is 115 Å². The van der Waals surface area contributed by atoms with Gasteiger partial charge in [0.05, 0.1) is 43.5 Å². The number of benzene rings is 1. The van der Waals surface area contributed by atoms with Crippen LogP contribution in [-0.4, -0.2) is 84.6 Å². The molecule has 0 aliphatic carbocycles. The van der Waals surface area contributed by atoms with Crippen LogP contribution in [0.4, 0.5) is 10.3 Å². The van der Waals surface area contributed by atoms with Gasteiger partial charge in [-0.2, -0.15) is 0 Å². The number of aromatic nitrogens is 4. The fourth-order valence-electron chi connectivity index (χ4n) is 4.07. The number of halogens is 1. The Bertz CT molecular complexity index is 1240. The molecule has 0 saturated carbocycles. The molecule has 11 nitrogen and oxygen atoms in total. The van der Waals surface area contributed by atoms with Crippen LogP contribution < -0.4 is 4.90 Å². The summed E-state index contributed by atoms with van der Waals surface area (Å²) in [6.45, 7) is 4.50. The molecule has 37 heavy (non-hydrogen) atoms. The fraction of sp³-hybridized carbons (Fsp3) is 0.440. The van der Waals surface area contributed by atoms with Crippen molar-refractivity contribution in [2.45, 2.75) is 13.2 Å². The van der Waals surface area contributed by atoms with Crippen molar-refractivity contribution in [3.8, 4) is 22.6 Å². The number of anilines is 1. The lowest BCUT2D eigenvalue weighted by molar-refractivity contribution is -0.249. The van der Waals surface area contributed by atoms with Crippen LogP contribution >= 0.6 is 0 Å². The number of H-pyrrole nitrogens is 1. The molecule has 2 aliphatic heterocycles. The Morgan fingerprint density at radius 1 is 1.14 bits per heavy atom. The van der Waals surface area contributed by atoms with Crippen LogP contribution in [0.3, 0.4) is 0 Å². The molecule has 0 amide bonds. The molecule has 2 fully saturated rings. The number of carbonyl (C=O) groups excluding carboxylic acids is 1. The number of imidazole rings is 1. The number of aromatic amines is 1. The highest BCUT2D eigenvalue weighted by Gasteiger charge is 2.43. The molecule has 1 aromatic carbocycles. The lowest BCUT2D eigenvalue weighted by atomic mass is 9.92. The van der Waals surface area contributed by atoms with Gasteiger partial charge >= 0.3 is 5.97 Å². The van der Waals surface area contributed by atoms with E-state index < -0.39 is 17.7 Å². The van der Waals surface area contributed by atoms with Gasteiger partial charge < -0.3 is 28.9 Å². The standard InChI is InChI=1S/C25H29FN6O5/c1-25(23(33)37-31(2)3)14-35-22(36-15-25)21-29-19(16-4-6-17(26)7-5-16)20(30-21)18-8-9-27-24(28-18)32-10-12-34-13-11-32/h4-9,22H,10-15H2,1-3H3,(H,29,30). The summed E-state index contributed by atoms with van der Waals surface area (Å²) >= 11 is 0. The van der Waals surface area contributed by atoms with E-state index in [1.807, 2.05) is 0 Å². The number of carbonyl (C=O) groups is 1. The van der Waals surface area contributed by atoms with Crippen molar-refractivity contribution in [2.24, 2.45) is 5.41 Å². The summed E-state index contributed by atoms with van der Waals surface area (Å²) in [5.74, 6) is 0.200. The Labute approximate surface area is 213 Å². The van der Waals surface area contributed by atoms with Crippen LogP contribution in [0.25, 0.3) is 22.6 Å². The van der Waals surface area contributed by atoms with Gasteiger partial charge in [0, 0.05) is 38.9 Å². The molecule has 0 unspecified atom stereocenters. The average molecular weight is 513 g/mol.